The fraction of sp³-hybridized carbons (Fsp3) is 0.227. The largest absolute Gasteiger partial charge is 0.333 e. The number of imidazole rings is 1. The molecule has 0 radical (unpaired) electrons. The maximum atomic E-state index is 12.9. The zero-order valence-electron chi connectivity index (χ0n) is 16.3. The highest BCUT2D eigenvalue weighted by Crippen LogP contribution is 2.27. The number of benzene rings is 2. The fourth-order valence-electron chi connectivity index (χ4n) is 3.28. The predicted molar refractivity (Wildman–Crippen MR) is 117 cm³/mol. The average molecular weight is 437 g/mol. The van der Waals surface area contributed by atoms with Gasteiger partial charge in [0.15, 0.2) is 0 Å². The van der Waals surface area contributed by atoms with Crippen LogP contribution in [0.15, 0.2) is 59.5 Å². The van der Waals surface area contributed by atoms with Gasteiger partial charge in [0.25, 0.3) is 0 Å². The smallest absolute Gasteiger partial charge is 0.293 e. The zero-order chi connectivity index (χ0) is 20.5. The van der Waals surface area contributed by atoms with Crippen LogP contribution in [0, 0.1) is 11.3 Å². The predicted octanol–water partition coefficient (Wildman–Crippen LogP) is 4.69. The number of nitrogens with zero attached hydrogens (tertiary/aromatic N) is 4. The number of aryl methyl sites for hydroxylation is 1. The summed E-state index contributed by atoms with van der Waals surface area (Å²) in [5, 5.41) is 10.3. The summed E-state index contributed by atoms with van der Waals surface area (Å²) in [6.45, 7) is 3.76. The van der Waals surface area contributed by atoms with Crippen molar-refractivity contribution in [2.24, 2.45) is 7.05 Å². The Morgan fingerprint density at radius 1 is 1.07 bits per heavy atom. The van der Waals surface area contributed by atoms with Crippen molar-refractivity contribution in [1.29, 1.82) is 5.26 Å². The lowest BCUT2D eigenvalue weighted by Gasteiger charge is -2.16. The third-order valence-corrected chi connectivity index (χ3v) is 4.92. The van der Waals surface area contributed by atoms with Crippen LogP contribution in [0.1, 0.15) is 19.4 Å². The first-order valence-electron chi connectivity index (χ1n) is 8.79. The molecule has 28 heavy (non-hydrogen) atoms. The van der Waals surface area contributed by atoms with Crippen LogP contribution in [-0.2, 0) is 12.5 Å². The van der Waals surface area contributed by atoms with Gasteiger partial charge in [0.05, 0.1) is 39.9 Å². The highest BCUT2D eigenvalue weighted by molar-refractivity contribution is 9.08. The molecule has 0 bridgehead atoms. The highest BCUT2D eigenvalue weighted by Gasteiger charge is 2.20. The molecule has 142 valence electrons. The average Bonchev–Trinajstić information content (AvgIpc) is 3.00. The molecule has 6 heteroatoms. The van der Waals surface area contributed by atoms with E-state index in [1.165, 1.54) is 0 Å². The molecule has 0 unspecified atom stereocenters. The minimum Gasteiger partial charge on any atom is -0.293 e. The SMILES string of the molecule is CBr.Cn1c(=O)n(-c2ccc(C(C)(C)C#N)cc2)c2c3ccccc3ncc21. The Kier molecular flexibility index (Phi) is 5.39. The summed E-state index contributed by atoms with van der Waals surface area (Å²) in [6, 6.07) is 17.7. The maximum Gasteiger partial charge on any atom is 0.333 e. The summed E-state index contributed by atoms with van der Waals surface area (Å²) in [4.78, 5) is 17.4. The Labute approximate surface area is 172 Å². The van der Waals surface area contributed by atoms with Crippen molar-refractivity contribution in [3.63, 3.8) is 0 Å². The summed E-state index contributed by atoms with van der Waals surface area (Å²) in [5.41, 5.74) is 3.48. The lowest BCUT2D eigenvalue weighted by atomic mass is 9.86. The number of hydrogen-bond donors (Lipinski definition) is 0. The number of pyridine rings is 1. The van der Waals surface area contributed by atoms with E-state index < -0.39 is 5.41 Å². The summed E-state index contributed by atoms with van der Waals surface area (Å²) < 4.78 is 3.32. The van der Waals surface area contributed by atoms with Crippen molar-refractivity contribution in [2.75, 3.05) is 5.83 Å². The summed E-state index contributed by atoms with van der Waals surface area (Å²) in [5.74, 6) is 1.81. The maximum absolute atomic E-state index is 12.9. The summed E-state index contributed by atoms with van der Waals surface area (Å²) in [7, 11) is 1.75. The van der Waals surface area contributed by atoms with Crippen LogP contribution in [0.2, 0.25) is 0 Å². The zero-order valence-corrected chi connectivity index (χ0v) is 17.9. The van der Waals surface area contributed by atoms with Gasteiger partial charge >= 0.3 is 5.69 Å². The van der Waals surface area contributed by atoms with E-state index in [0.717, 1.165) is 33.2 Å². The molecular weight excluding hydrogens is 416 g/mol. The van der Waals surface area contributed by atoms with Crippen molar-refractivity contribution in [1.82, 2.24) is 14.1 Å². The molecule has 0 spiro atoms. The molecule has 4 rings (SSSR count). The Balaban J connectivity index is 0.00000109. The van der Waals surface area contributed by atoms with Crippen LogP contribution in [0.3, 0.4) is 0 Å². The molecule has 0 N–H and O–H groups in total. The number of rotatable bonds is 2. The van der Waals surface area contributed by atoms with E-state index in [1.807, 2.05) is 68.2 Å². The number of alkyl halides is 1. The van der Waals surface area contributed by atoms with E-state index in [0.29, 0.717) is 0 Å². The Hall–Kier alpha value is -2.91. The van der Waals surface area contributed by atoms with Gasteiger partial charge in [-0.2, -0.15) is 5.26 Å². The molecule has 2 aromatic carbocycles. The van der Waals surface area contributed by atoms with E-state index in [9.17, 15) is 10.1 Å². The normalized spacial score (nSPS) is 11.1. The quantitative estimate of drug-likeness (QED) is 0.428. The first-order valence-corrected chi connectivity index (χ1v) is 10.4. The molecule has 5 nitrogen and oxygen atoms in total. The minimum absolute atomic E-state index is 0.120. The second kappa shape index (κ2) is 7.61. The summed E-state index contributed by atoms with van der Waals surface area (Å²) >= 11 is 2.94. The van der Waals surface area contributed by atoms with Gasteiger partial charge in [-0.05, 0) is 43.4 Å². The fourth-order valence-corrected chi connectivity index (χ4v) is 3.28. The van der Waals surface area contributed by atoms with Crippen molar-refractivity contribution in [2.45, 2.75) is 19.3 Å². The second-order valence-corrected chi connectivity index (χ2v) is 6.97. The molecule has 0 aliphatic heterocycles. The monoisotopic (exact) mass is 436 g/mol. The standard InChI is InChI=1S/C21H18N4O.CH3Br/c1-21(2,13-22)14-8-10-15(11-9-14)25-19-16-6-4-5-7-17(16)23-12-18(19)24(3)20(25)26;1-2/h4-12H,1-3H3;1H3. The van der Waals surface area contributed by atoms with Gasteiger partial charge < -0.3 is 0 Å². The van der Waals surface area contributed by atoms with Crippen LogP contribution in [0.4, 0.5) is 0 Å². The Morgan fingerprint density at radius 3 is 2.36 bits per heavy atom. The molecule has 0 saturated heterocycles. The van der Waals surface area contributed by atoms with E-state index in [-0.39, 0.29) is 5.69 Å². The molecule has 0 aliphatic rings. The molecule has 0 aliphatic carbocycles. The Bertz CT molecular complexity index is 1240. The number of aromatic nitrogens is 3. The topological polar surface area (TPSA) is 63.6 Å². The molecule has 0 amide bonds. The van der Waals surface area contributed by atoms with Gasteiger partial charge in [0.1, 0.15) is 0 Å². The molecule has 2 aromatic heterocycles. The first kappa shape index (κ1) is 19.8. The molecule has 0 saturated carbocycles. The van der Waals surface area contributed by atoms with Crippen LogP contribution >= 0.6 is 15.9 Å². The first-order chi connectivity index (χ1) is 13.4. The van der Waals surface area contributed by atoms with Gasteiger partial charge in [-0.1, -0.05) is 46.3 Å². The Morgan fingerprint density at radius 2 is 1.71 bits per heavy atom. The van der Waals surface area contributed by atoms with Gasteiger partial charge in [0, 0.05) is 12.4 Å². The lowest BCUT2D eigenvalue weighted by molar-refractivity contribution is 0.686. The number of fused-ring (bicyclic) bond motifs is 3. The van der Waals surface area contributed by atoms with E-state index in [4.69, 9.17) is 0 Å². The van der Waals surface area contributed by atoms with Crippen molar-refractivity contribution < 1.29 is 0 Å². The second-order valence-electron chi connectivity index (χ2n) is 6.97. The van der Waals surface area contributed by atoms with Crippen molar-refractivity contribution in [3.8, 4) is 11.8 Å². The van der Waals surface area contributed by atoms with Gasteiger partial charge in [-0.25, -0.2) is 4.79 Å². The van der Waals surface area contributed by atoms with Crippen LogP contribution < -0.4 is 5.69 Å². The number of hydrogen-bond acceptors (Lipinski definition) is 3. The number of para-hydroxylation sites is 1. The van der Waals surface area contributed by atoms with Crippen LogP contribution in [0.25, 0.3) is 27.6 Å². The molecule has 0 atom stereocenters. The van der Waals surface area contributed by atoms with E-state index >= 15 is 0 Å². The number of halogens is 1. The van der Waals surface area contributed by atoms with E-state index in [1.54, 1.807) is 22.4 Å². The van der Waals surface area contributed by atoms with Crippen molar-refractivity contribution >= 4 is 37.9 Å². The molecule has 2 heterocycles. The van der Waals surface area contributed by atoms with Gasteiger partial charge in [0.2, 0.25) is 0 Å². The third kappa shape index (κ3) is 3.12. The lowest BCUT2D eigenvalue weighted by Crippen LogP contribution is -2.21. The minimum atomic E-state index is -0.571. The van der Waals surface area contributed by atoms with E-state index in [2.05, 4.69) is 27.0 Å². The van der Waals surface area contributed by atoms with Gasteiger partial charge in [-0.3, -0.25) is 14.1 Å². The number of nitriles is 1. The molecule has 4 aromatic rings. The van der Waals surface area contributed by atoms with Crippen molar-refractivity contribution in [3.05, 3.63) is 70.8 Å². The molecular formula is C22H21BrN4O. The molecule has 0 fully saturated rings. The third-order valence-electron chi connectivity index (χ3n) is 4.92. The van der Waals surface area contributed by atoms with Crippen LogP contribution in [0.5, 0.6) is 0 Å². The van der Waals surface area contributed by atoms with Gasteiger partial charge in [-0.15, -0.1) is 0 Å². The van der Waals surface area contributed by atoms with Crippen LogP contribution in [-0.4, -0.2) is 20.0 Å². The highest BCUT2D eigenvalue weighted by atomic mass is 79.9. The summed E-state index contributed by atoms with van der Waals surface area (Å²) in [6.07, 6.45) is 1.74.